The molecule has 0 heterocycles. The zero-order chi connectivity index (χ0) is 11.5. The van der Waals surface area contributed by atoms with Gasteiger partial charge in [0.1, 0.15) is 6.61 Å². The van der Waals surface area contributed by atoms with Crippen LogP contribution in [0.25, 0.3) is 0 Å². The van der Waals surface area contributed by atoms with Crippen molar-refractivity contribution in [3.63, 3.8) is 0 Å². The minimum absolute atomic E-state index is 0.417. The van der Waals surface area contributed by atoms with E-state index < -0.39 is 23.2 Å². The van der Waals surface area contributed by atoms with E-state index >= 15 is 0 Å². The van der Waals surface area contributed by atoms with Crippen molar-refractivity contribution in [2.45, 2.75) is 18.6 Å². The number of hydrogen-bond acceptors (Lipinski definition) is 4. The summed E-state index contributed by atoms with van der Waals surface area (Å²) in [5.74, 6) is 0. The van der Waals surface area contributed by atoms with Crippen molar-refractivity contribution in [3.8, 4) is 0 Å². The van der Waals surface area contributed by atoms with Gasteiger partial charge in [-0.05, 0) is 12.5 Å². The first-order valence-electron chi connectivity index (χ1n) is 4.52. The van der Waals surface area contributed by atoms with Gasteiger partial charge in [-0.25, -0.2) is 0 Å². The topological polar surface area (TPSA) is 83.6 Å². The Kier molecular flexibility index (Phi) is 3.39. The predicted molar refractivity (Wildman–Crippen MR) is 53.9 cm³/mol. The molecule has 2 atom stereocenters. The number of benzene rings is 1. The van der Waals surface area contributed by atoms with Crippen molar-refractivity contribution in [1.29, 1.82) is 0 Å². The molecular weight excluding hydrogens is 198 g/mol. The average molecular weight is 211 g/mol. The van der Waals surface area contributed by atoms with E-state index in [1.165, 1.54) is 6.92 Å². The van der Waals surface area contributed by atoms with Crippen LogP contribution >= 0.6 is 0 Å². The fourth-order valence-electron chi connectivity index (χ4n) is 1.42. The molecule has 2 unspecified atom stereocenters. The van der Waals surface area contributed by atoms with E-state index in [0.29, 0.717) is 5.56 Å². The first-order valence-corrected chi connectivity index (χ1v) is 4.52. The Bertz CT molecular complexity index is 337. The van der Waals surface area contributed by atoms with E-state index in [9.17, 15) is 15.2 Å². The van der Waals surface area contributed by atoms with Crippen molar-refractivity contribution >= 4 is 0 Å². The lowest BCUT2D eigenvalue weighted by molar-refractivity contribution is -0.550. The molecule has 0 bridgehead atoms. The van der Waals surface area contributed by atoms with E-state index in [1.807, 2.05) is 0 Å². The summed E-state index contributed by atoms with van der Waals surface area (Å²) in [5, 5.41) is 29.5. The molecule has 82 valence electrons. The standard InChI is InChI=1S/C10H13NO4/c1-10(13,9(7-12)11(14)15)8-5-3-2-4-6-8/h2-6,9,12-13H,7H2,1H3. The summed E-state index contributed by atoms with van der Waals surface area (Å²) in [6.45, 7) is 0.626. The van der Waals surface area contributed by atoms with Crippen LogP contribution in [0.4, 0.5) is 0 Å². The van der Waals surface area contributed by atoms with Crippen LogP contribution < -0.4 is 0 Å². The van der Waals surface area contributed by atoms with E-state index in [2.05, 4.69) is 0 Å². The Morgan fingerprint density at radius 2 is 2.00 bits per heavy atom. The van der Waals surface area contributed by atoms with E-state index in [0.717, 1.165) is 0 Å². The molecule has 0 aliphatic heterocycles. The van der Waals surface area contributed by atoms with Crippen molar-refractivity contribution in [2.75, 3.05) is 6.61 Å². The van der Waals surface area contributed by atoms with E-state index in [-0.39, 0.29) is 0 Å². The molecule has 1 rings (SSSR count). The average Bonchev–Trinajstić information content (AvgIpc) is 2.19. The van der Waals surface area contributed by atoms with Gasteiger partial charge in [0.15, 0.2) is 5.60 Å². The fourth-order valence-corrected chi connectivity index (χ4v) is 1.42. The quantitative estimate of drug-likeness (QED) is 0.562. The molecule has 0 aliphatic carbocycles. The molecule has 0 saturated heterocycles. The SMILES string of the molecule is CC(O)(c1ccccc1)C(CO)[N+](=O)[O-]. The van der Waals surface area contributed by atoms with Crippen LogP contribution in [-0.2, 0) is 5.60 Å². The van der Waals surface area contributed by atoms with Gasteiger partial charge in [0.05, 0.1) is 0 Å². The molecule has 0 amide bonds. The molecule has 0 radical (unpaired) electrons. The fraction of sp³-hybridized carbons (Fsp3) is 0.400. The van der Waals surface area contributed by atoms with E-state index in [1.54, 1.807) is 30.3 Å². The Morgan fingerprint density at radius 1 is 1.47 bits per heavy atom. The lowest BCUT2D eigenvalue weighted by Crippen LogP contribution is -2.44. The third-order valence-electron chi connectivity index (χ3n) is 2.43. The lowest BCUT2D eigenvalue weighted by Gasteiger charge is -2.25. The molecule has 15 heavy (non-hydrogen) atoms. The number of rotatable bonds is 4. The van der Waals surface area contributed by atoms with Gasteiger partial charge in [-0.2, -0.15) is 0 Å². The van der Waals surface area contributed by atoms with Gasteiger partial charge in [-0.15, -0.1) is 0 Å². The summed E-state index contributed by atoms with van der Waals surface area (Å²) >= 11 is 0. The van der Waals surface area contributed by atoms with Crippen LogP contribution in [0.5, 0.6) is 0 Å². The molecule has 0 saturated carbocycles. The summed E-state index contributed by atoms with van der Waals surface area (Å²) in [6.07, 6.45) is 0. The predicted octanol–water partition coefficient (Wildman–Crippen LogP) is 0.532. The van der Waals surface area contributed by atoms with Crippen LogP contribution in [0, 0.1) is 10.1 Å². The normalized spacial score (nSPS) is 16.7. The second kappa shape index (κ2) is 4.37. The molecule has 0 fully saturated rings. The van der Waals surface area contributed by atoms with Gasteiger partial charge in [0, 0.05) is 4.92 Å². The van der Waals surface area contributed by atoms with Crippen LogP contribution in [0.15, 0.2) is 30.3 Å². The monoisotopic (exact) mass is 211 g/mol. The highest BCUT2D eigenvalue weighted by atomic mass is 16.6. The molecule has 0 spiro atoms. The van der Waals surface area contributed by atoms with Gasteiger partial charge in [-0.3, -0.25) is 10.1 Å². The van der Waals surface area contributed by atoms with Crippen molar-refractivity contribution in [3.05, 3.63) is 46.0 Å². The number of nitro groups is 1. The van der Waals surface area contributed by atoms with Crippen LogP contribution in [0.2, 0.25) is 0 Å². The Morgan fingerprint density at radius 3 is 2.40 bits per heavy atom. The molecule has 1 aromatic rings. The van der Waals surface area contributed by atoms with E-state index in [4.69, 9.17) is 5.11 Å². The van der Waals surface area contributed by atoms with Gasteiger partial charge < -0.3 is 10.2 Å². The van der Waals surface area contributed by atoms with Gasteiger partial charge in [-0.1, -0.05) is 30.3 Å². The second-order valence-electron chi connectivity index (χ2n) is 3.50. The van der Waals surface area contributed by atoms with Crippen molar-refractivity contribution in [1.82, 2.24) is 0 Å². The Labute approximate surface area is 87.1 Å². The maximum absolute atomic E-state index is 10.6. The lowest BCUT2D eigenvalue weighted by atomic mass is 9.89. The molecule has 5 nitrogen and oxygen atoms in total. The zero-order valence-electron chi connectivity index (χ0n) is 8.33. The van der Waals surface area contributed by atoms with Crippen LogP contribution in [0.3, 0.4) is 0 Å². The third kappa shape index (κ3) is 2.31. The third-order valence-corrected chi connectivity index (χ3v) is 2.43. The molecule has 2 N–H and O–H groups in total. The minimum Gasteiger partial charge on any atom is -0.389 e. The largest absolute Gasteiger partial charge is 0.389 e. The summed E-state index contributed by atoms with van der Waals surface area (Å²) in [5.41, 5.74) is -1.25. The maximum atomic E-state index is 10.6. The highest BCUT2D eigenvalue weighted by molar-refractivity contribution is 5.22. The molecule has 0 aliphatic rings. The van der Waals surface area contributed by atoms with Crippen molar-refractivity contribution in [2.24, 2.45) is 0 Å². The zero-order valence-corrected chi connectivity index (χ0v) is 8.33. The first kappa shape index (κ1) is 11.6. The number of aliphatic hydroxyl groups is 2. The smallest absolute Gasteiger partial charge is 0.267 e. The van der Waals surface area contributed by atoms with Gasteiger partial charge in [0.25, 0.3) is 6.04 Å². The summed E-state index contributed by atoms with van der Waals surface area (Å²) in [6, 6.07) is 6.87. The van der Waals surface area contributed by atoms with Crippen LogP contribution in [-0.4, -0.2) is 27.8 Å². The Hall–Kier alpha value is -1.46. The summed E-state index contributed by atoms with van der Waals surface area (Å²) < 4.78 is 0. The molecule has 5 heteroatoms. The Balaban J connectivity index is 3.05. The van der Waals surface area contributed by atoms with Crippen molar-refractivity contribution < 1.29 is 15.1 Å². The maximum Gasteiger partial charge on any atom is 0.267 e. The minimum atomic E-state index is -1.67. The molecule has 1 aromatic carbocycles. The second-order valence-corrected chi connectivity index (χ2v) is 3.50. The molecule has 0 aromatic heterocycles. The van der Waals surface area contributed by atoms with Gasteiger partial charge in [0.2, 0.25) is 0 Å². The summed E-state index contributed by atoms with van der Waals surface area (Å²) in [7, 11) is 0. The highest BCUT2D eigenvalue weighted by Crippen LogP contribution is 2.25. The van der Waals surface area contributed by atoms with Gasteiger partial charge >= 0.3 is 0 Å². The number of hydrogen-bond donors (Lipinski definition) is 2. The number of aliphatic hydroxyl groups excluding tert-OH is 1. The molecular formula is C10H13NO4. The van der Waals surface area contributed by atoms with Crippen LogP contribution in [0.1, 0.15) is 12.5 Å². The highest BCUT2D eigenvalue weighted by Gasteiger charge is 2.42. The first-order chi connectivity index (χ1) is 7.00. The summed E-state index contributed by atoms with van der Waals surface area (Å²) in [4.78, 5) is 9.96. The number of nitrogens with zero attached hydrogens (tertiary/aromatic N) is 1.